The van der Waals surface area contributed by atoms with Crippen LogP contribution in [0.4, 0.5) is 26.3 Å². The number of alkyl halides is 5. The van der Waals surface area contributed by atoms with Gasteiger partial charge in [0.25, 0.3) is 11.8 Å². The zero-order valence-electron chi connectivity index (χ0n) is 20.2. The number of carbonyl (C=O) groups is 2. The summed E-state index contributed by atoms with van der Waals surface area (Å²) in [6.07, 6.45) is -9.26. The van der Waals surface area contributed by atoms with Crippen molar-refractivity contribution in [1.29, 1.82) is 0 Å². The fraction of sp³-hybridized carbons (Fsp3) is 0.360. The Balaban J connectivity index is 1.10. The number of carbonyl (C=O) groups excluding carboxylic acids is 2. The number of amides is 2. The van der Waals surface area contributed by atoms with Gasteiger partial charge in [-0.3, -0.25) is 9.59 Å². The molecule has 0 radical (unpaired) electrons. The van der Waals surface area contributed by atoms with Gasteiger partial charge < -0.3 is 34.7 Å². The second kappa shape index (κ2) is 9.80. The van der Waals surface area contributed by atoms with Crippen molar-refractivity contribution in [1.82, 2.24) is 10.6 Å². The third-order valence-electron chi connectivity index (χ3n) is 6.56. The van der Waals surface area contributed by atoms with Gasteiger partial charge in [-0.1, -0.05) is 0 Å². The number of aliphatic hydroxyl groups is 1. The summed E-state index contributed by atoms with van der Waals surface area (Å²) in [5, 5.41) is 15.9. The standard InChI is InChI=1S/C25H20F6N2O7/c26-16-5-13(1-3-15(16)24(27,28)29)37-10-21(35)32-17-7-20(34)23(8-12(17)9-23)33-22(36)11-38-14-2-4-18-19(6-14)40-25(30,31)39-18/h1-6,20,34H,7-11H2,(H,32,35)(H,33,36)/t20-/m0/s1. The fourth-order valence-electron chi connectivity index (χ4n) is 4.65. The van der Waals surface area contributed by atoms with Gasteiger partial charge in [-0.2, -0.15) is 13.2 Å². The molecule has 2 amide bonds. The van der Waals surface area contributed by atoms with Crippen LogP contribution in [0.25, 0.3) is 0 Å². The maximum atomic E-state index is 13.7. The molecule has 3 N–H and O–H groups in total. The van der Waals surface area contributed by atoms with Crippen molar-refractivity contribution in [2.24, 2.45) is 0 Å². The number of fused-ring (bicyclic) bond motifs is 3. The molecule has 0 saturated heterocycles. The first-order chi connectivity index (χ1) is 18.7. The Hall–Kier alpha value is -4.14. The minimum atomic E-state index is -4.86. The van der Waals surface area contributed by atoms with Crippen LogP contribution in [0.3, 0.4) is 0 Å². The highest BCUT2D eigenvalue weighted by molar-refractivity contribution is 5.81. The lowest BCUT2D eigenvalue weighted by Crippen LogP contribution is -2.65. The Morgan fingerprint density at radius 1 is 0.975 bits per heavy atom. The summed E-state index contributed by atoms with van der Waals surface area (Å²) in [5.41, 5.74) is -1.25. The Bertz CT molecular complexity index is 1390. The smallest absolute Gasteiger partial charge is 0.484 e. The Morgan fingerprint density at radius 3 is 2.25 bits per heavy atom. The van der Waals surface area contributed by atoms with Gasteiger partial charge >= 0.3 is 12.5 Å². The molecular weight excluding hydrogens is 554 g/mol. The summed E-state index contributed by atoms with van der Waals surface area (Å²) in [6, 6.07) is 5.60. The molecule has 40 heavy (non-hydrogen) atoms. The number of hydrogen-bond acceptors (Lipinski definition) is 7. The number of halogens is 6. The predicted octanol–water partition coefficient (Wildman–Crippen LogP) is 3.41. The maximum Gasteiger partial charge on any atom is 0.586 e. The van der Waals surface area contributed by atoms with Crippen LogP contribution in [-0.4, -0.2) is 48.1 Å². The molecule has 214 valence electrons. The van der Waals surface area contributed by atoms with Crippen LogP contribution in [0.5, 0.6) is 23.0 Å². The summed E-state index contributed by atoms with van der Waals surface area (Å²) >= 11 is 0. The molecule has 9 nitrogen and oxygen atoms in total. The molecule has 2 bridgehead atoms. The van der Waals surface area contributed by atoms with Gasteiger partial charge in [0.1, 0.15) is 17.3 Å². The average molecular weight is 574 g/mol. The molecule has 1 saturated carbocycles. The Kier molecular flexibility index (Phi) is 6.72. The molecular formula is C25H20F6N2O7. The van der Waals surface area contributed by atoms with Crippen LogP contribution < -0.4 is 29.6 Å². The van der Waals surface area contributed by atoms with E-state index in [9.17, 15) is 41.0 Å². The van der Waals surface area contributed by atoms with Crippen molar-refractivity contribution in [3.05, 3.63) is 59.0 Å². The Morgan fingerprint density at radius 2 is 1.60 bits per heavy atom. The van der Waals surface area contributed by atoms with Crippen molar-refractivity contribution < 1.29 is 60.0 Å². The third kappa shape index (κ3) is 5.59. The summed E-state index contributed by atoms with van der Waals surface area (Å²) < 4.78 is 97.0. The molecule has 2 aromatic rings. The first-order valence-electron chi connectivity index (χ1n) is 11.8. The molecule has 4 aliphatic rings. The quantitative estimate of drug-likeness (QED) is 0.414. The summed E-state index contributed by atoms with van der Waals surface area (Å²) in [7, 11) is 0. The molecule has 1 heterocycles. The number of ether oxygens (including phenoxy) is 4. The van der Waals surface area contributed by atoms with Crippen LogP contribution in [0, 0.1) is 5.82 Å². The summed E-state index contributed by atoms with van der Waals surface area (Å²) in [5.74, 6) is -3.40. The van der Waals surface area contributed by atoms with Crippen LogP contribution in [0.15, 0.2) is 47.7 Å². The maximum absolute atomic E-state index is 13.7. The van der Waals surface area contributed by atoms with E-state index < -0.39 is 60.5 Å². The minimum absolute atomic E-state index is 0.00646. The van der Waals surface area contributed by atoms with Crippen LogP contribution >= 0.6 is 0 Å². The van der Waals surface area contributed by atoms with Gasteiger partial charge in [-0.15, -0.1) is 8.78 Å². The Labute approximate surface area is 221 Å². The van der Waals surface area contributed by atoms with Gasteiger partial charge in [-0.25, -0.2) is 4.39 Å². The highest BCUT2D eigenvalue weighted by Crippen LogP contribution is 2.48. The van der Waals surface area contributed by atoms with E-state index in [1.54, 1.807) is 0 Å². The van der Waals surface area contributed by atoms with Gasteiger partial charge in [-0.05, 0) is 42.7 Å². The lowest BCUT2D eigenvalue weighted by atomic mass is 9.62. The second-order valence-corrected chi connectivity index (χ2v) is 9.40. The molecule has 6 rings (SSSR count). The number of nitrogens with one attached hydrogen (secondary N) is 2. The van der Waals surface area contributed by atoms with E-state index in [4.69, 9.17) is 9.47 Å². The van der Waals surface area contributed by atoms with E-state index in [-0.39, 0.29) is 42.3 Å². The van der Waals surface area contributed by atoms with Gasteiger partial charge in [0.05, 0.1) is 17.2 Å². The van der Waals surface area contributed by atoms with E-state index in [1.807, 2.05) is 0 Å². The first kappa shape index (κ1) is 27.4. The average Bonchev–Trinajstić information content (AvgIpc) is 3.14. The van der Waals surface area contributed by atoms with E-state index in [0.29, 0.717) is 17.8 Å². The van der Waals surface area contributed by atoms with Gasteiger partial charge in [0.15, 0.2) is 24.7 Å². The first-order valence-corrected chi connectivity index (χ1v) is 11.8. The highest BCUT2D eigenvalue weighted by atomic mass is 19.4. The van der Waals surface area contributed by atoms with Crippen molar-refractivity contribution in [2.45, 2.75) is 43.4 Å². The molecule has 2 aromatic carbocycles. The third-order valence-corrected chi connectivity index (χ3v) is 6.56. The zero-order chi connectivity index (χ0) is 28.9. The van der Waals surface area contributed by atoms with Gasteiger partial charge in [0.2, 0.25) is 0 Å². The van der Waals surface area contributed by atoms with Crippen molar-refractivity contribution >= 4 is 11.8 Å². The SMILES string of the molecule is O=C(COc1ccc(C(F)(F)F)c(F)c1)NC1=C2CC(NC(=O)COc3ccc4c(c3)OC(F)(F)O4)(C2)[C@@H](O)C1. The van der Waals surface area contributed by atoms with E-state index >= 15 is 0 Å². The van der Waals surface area contributed by atoms with Crippen molar-refractivity contribution in [2.75, 3.05) is 13.2 Å². The van der Waals surface area contributed by atoms with Crippen LogP contribution in [0.1, 0.15) is 24.8 Å². The van der Waals surface area contributed by atoms with E-state index in [0.717, 1.165) is 17.7 Å². The van der Waals surface area contributed by atoms with Crippen LogP contribution in [-0.2, 0) is 15.8 Å². The number of hydrogen-bond donors (Lipinski definition) is 3. The molecule has 3 aliphatic carbocycles. The lowest BCUT2D eigenvalue weighted by Gasteiger charge is -2.52. The van der Waals surface area contributed by atoms with Gasteiger partial charge in [0, 0.05) is 24.3 Å². The summed E-state index contributed by atoms with van der Waals surface area (Å²) in [6.45, 7) is -1.09. The predicted molar refractivity (Wildman–Crippen MR) is 121 cm³/mol. The fourth-order valence-corrected chi connectivity index (χ4v) is 4.65. The zero-order valence-corrected chi connectivity index (χ0v) is 20.2. The van der Waals surface area contributed by atoms with Crippen molar-refractivity contribution in [3.8, 4) is 23.0 Å². The molecule has 0 unspecified atom stereocenters. The normalized spacial score (nSPS) is 22.3. The van der Waals surface area contributed by atoms with E-state index in [2.05, 4.69) is 20.1 Å². The number of aliphatic hydroxyl groups excluding tert-OH is 1. The molecule has 1 fully saturated rings. The number of benzene rings is 2. The molecule has 1 atom stereocenters. The highest BCUT2D eigenvalue weighted by Gasteiger charge is 2.52. The molecule has 0 aromatic heterocycles. The topological polar surface area (TPSA) is 115 Å². The van der Waals surface area contributed by atoms with E-state index in [1.165, 1.54) is 12.1 Å². The van der Waals surface area contributed by atoms with Crippen LogP contribution in [0.2, 0.25) is 0 Å². The monoisotopic (exact) mass is 574 g/mol. The van der Waals surface area contributed by atoms with Crippen molar-refractivity contribution in [3.63, 3.8) is 0 Å². The second-order valence-electron chi connectivity index (χ2n) is 9.40. The molecule has 15 heteroatoms. The summed E-state index contributed by atoms with van der Waals surface area (Å²) in [4.78, 5) is 24.7. The molecule has 1 aliphatic heterocycles. The number of rotatable bonds is 8. The largest absolute Gasteiger partial charge is 0.586 e. The minimum Gasteiger partial charge on any atom is -0.484 e. The lowest BCUT2D eigenvalue weighted by molar-refractivity contribution is -0.286. The molecule has 0 spiro atoms.